The molecule has 0 aliphatic heterocycles. The summed E-state index contributed by atoms with van der Waals surface area (Å²) in [5.74, 6) is -0.0812. The average Bonchev–Trinajstić information content (AvgIpc) is 2.93. The SMILES string of the molecule is CCCNC(c1cc(C)ccc1F)C1(N(C)C)CCCC1. The second-order valence-electron chi connectivity index (χ2n) is 6.62. The van der Waals surface area contributed by atoms with Crippen LogP contribution in [-0.2, 0) is 0 Å². The van der Waals surface area contributed by atoms with Gasteiger partial charge in [-0.3, -0.25) is 0 Å². The second-order valence-corrected chi connectivity index (χ2v) is 6.62. The van der Waals surface area contributed by atoms with Crippen molar-refractivity contribution in [3.63, 3.8) is 0 Å². The van der Waals surface area contributed by atoms with E-state index in [1.165, 1.54) is 12.8 Å². The molecule has 1 unspecified atom stereocenters. The number of aryl methyl sites for hydroxylation is 1. The fourth-order valence-corrected chi connectivity index (χ4v) is 3.74. The van der Waals surface area contributed by atoms with Crippen LogP contribution in [0.4, 0.5) is 4.39 Å². The van der Waals surface area contributed by atoms with Crippen molar-refractivity contribution < 1.29 is 4.39 Å². The number of hydrogen-bond acceptors (Lipinski definition) is 2. The van der Waals surface area contributed by atoms with Gasteiger partial charge < -0.3 is 10.2 Å². The van der Waals surface area contributed by atoms with Crippen LogP contribution in [-0.4, -0.2) is 31.1 Å². The van der Waals surface area contributed by atoms with Crippen LogP contribution in [0.1, 0.15) is 56.2 Å². The molecule has 0 radical (unpaired) electrons. The van der Waals surface area contributed by atoms with E-state index in [0.29, 0.717) is 0 Å². The molecule has 1 fully saturated rings. The standard InChI is InChI=1S/C18H29FN2/c1-5-12-20-17(15-13-14(2)8-9-16(15)19)18(21(3)4)10-6-7-11-18/h8-9,13,17,20H,5-7,10-12H2,1-4H3. The van der Waals surface area contributed by atoms with Crippen LogP contribution in [0.2, 0.25) is 0 Å². The van der Waals surface area contributed by atoms with Crippen molar-refractivity contribution in [2.75, 3.05) is 20.6 Å². The van der Waals surface area contributed by atoms with Gasteiger partial charge in [-0.1, -0.05) is 37.5 Å². The summed E-state index contributed by atoms with van der Waals surface area (Å²) < 4.78 is 14.5. The highest BCUT2D eigenvalue weighted by Crippen LogP contribution is 2.44. The summed E-state index contributed by atoms with van der Waals surface area (Å²) >= 11 is 0. The Morgan fingerprint density at radius 2 is 1.95 bits per heavy atom. The number of halogens is 1. The van der Waals surface area contributed by atoms with Gasteiger partial charge in [0.1, 0.15) is 5.82 Å². The molecule has 1 atom stereocenters. The van der Waals surface area contributed by atoms with E-state index in [4.69, 9.17) is 0 Å². The van der Waals surface area contributed by atoms with Gasteiger partial charge in [-0.15, -0.1) is 0 Å². The third-order valence-corrected chi connectivity index (χ3v) is 4.96. The fraction of sp³-hybridized carbons (Fsp3) is 0.667. The van der Waals surface area contributed by atoms with Crippen LogP contribution in [0.3, 0.4) is 0 Å². The maximum absolute atomic E-state index is 14.5. The number of nitrogens with one attached hydrogen (secondary N) is 1. The monoisotopic (exact) mass is 292 g/mol. The summed E-state index contributed by atoms with van der Waals surface area (Å²) in [7, 11) is 4.28. The number of hydrogen-bond donors (Lipinski definition) is 1. The Morgan fingerprint density at radius 1 is 1.29 bits per heavy atom. The van der Waals surface area contributed by atoms with Crippen LogP contribution in [0, 0.1) is 12.7 Å². The molecule has 1 aromatic rings. The largest absolute Gasteiger partial charge is 0.308 e. The van der Waals surface area contributed by atoms with Gasteiger partial charge in [0, 0.05) is 11.1 Å². The maximum atomic E-state index is 14.5. The summed E-state index contributed by atoms with van der Waals surface area (Å²) in [5, 5.41) is 3.64. The molecule has 21 heavy (non-hydrogen) atoms. The van der Waals surface area contributed by atoms with E-state index in [-0.39, 0.29) is 17.4 Å². The first kappa shape index (κ1) is 16.4. The van der Waals surface area contributed by atoms with Gasteiger partial charge in [0.05, 0.1) is 6.04 Å². The normalized spacial score (nSPS) is 19.1. The third-order valence-electron chi connectivity index (χ3n) is 4.96. The topological polar surface area (TPSA) is 15.3 Å². The zero-order valence-corrected chi connectivity index (χ0v) is 13.9. The van der Waals surface area contributed by atoms with Crippen molar-refractivity contribution in [3.05, 3.63) is 35.1 Å². The molecule has 2 rings (SSSR count). The van der Waals surface area contributed by atoms with Gasteiger partial charge in [-0.2, -0.15) is 0 Å². The van der Waals surface area contributed by atoms with Gasteiger partial charge in [-0.05, 0) is 52.9 Å². The second kappa shape index (κ2) is 6.89. The molecular formula is C18H29FN2. The Balaban J connectivity index is 2.44. The van der Waals surface area contributed by atoms with Crippen molar-refractivity contribution in [1.82, 2.24) is 10.2 Å². The summed E-state index contributed by atoms with van der Waals surface area (Å²) in [5.41, 5.74) is 1.99. The third kappa shape index (κ3) is 3.29. The Hall–Kier alpha value is -0.930. The molecule has 0 bridgehead atoms. The minimum Gasteiger partial charge on any atom is -0.308 e. The predicted molar refractivity (Wildman–Crippen MR) is 87.1 cm³/mol. The Bertz CT molecular complexity index is 464. The van der Waals surface area contributed by atoms with Gasteiger partial charge in [0.15, 0.2) is 0 Å². The quantitative estimate of drug-likeness (QED) is 0.851. The lowest BCUT2D eigenvalue weighted by Gasteiger charge is -2.44. The van der Waals surface area contributed by atoms with Crippen molar-refractivity contribution in [2.45, 2.75) is 57.5 Å². The maximum Gasteiger partial charge on any atom is 0.128 e. The molecule has 0 aromatic heterocycles. The molecule has 1 aliphatic carbocycles. The molecule has 118 valence electrons. The van der Waals surface area contributed by atoms with Gasteiger partial charge in [0.25, 0.3) is 0 Å². The molecule has 0 amide bonds. The number of rotatable bonds is 6. The first-order valence-corrected chi connectivity index (χ1v) is 8.18. The first-order chi connectivity index (χ1) is 10.0. The summed E-state index contributed by atoms with van der Waals surface area (Å²) in [6.07, 6.45) is 5.79. The van der Waals surface area contributed by atoms with Crippen LogP contribution < -0.4 is 5.32 Å². The molecule has 1 N–H and O–H groups in total. The average molecular weight is 292 g/mol. The first-order valence-electron chi connectivity index (χ1n) is 8.18. The van der Waals surface area contributed by atoms with Crippen LogP contribution in [0.15, 0.2) is 18.2 Å². The highest BCUT2D eigenvalue weighted by Gasteiger charge is 2.44. The summed E-state index contributed by atoms with van der Waals surface area (Å²) in [4.78, 5) is 2.31. The lowest BCUT2D eigenvalue weighted by Crippen LogP contribution is -2.52. The molecule has 0 heterocycles. The van der Waals surface area contributed by atoms with E-state index in [0.717, 1.165) is 36.9 Å². The zero-order chi connectivity index (χ0) is 15.5. The summed E-state index contributed by atoms with van der Waals surface area (Å²) in [6, 6.07) is 5.55. The molecular weight excluding hydrogens is 263 g/mol. The number of nitrogens with zero attached hydrogens (tertiary/aromatic N) is 1. The fourth-order valence-electron chi connectivity index (χ4n) is 3.74. The van der Waals surface area contributed by atoms with Crippen LogP contribution in [0.5, 0.6) is 0 Å². The van der Waals surface area contributed by atoms with Gasteiger partial charge >= 0.3 is 0 Å². The van der Waals surface area contributed by atoms with E-state index in [2.05, 4.69) is 31.2 Å². The molecule has 2 nitrogen and oxygen atoms in total. The lowest BCUT2D eigenvalue weighted by atomic mass is 9.81. The number of benzene rings is 1. The van der Waals surface area contributed by atoms with E-state index in [9.17, 15) is 4.39 Å². The van der Waals surface area contributed by atoms with Crippen molar-refractivity contribution in [1.29, 1.82) is 0 Å². The Labute approximate surface area is 128 Å². The minimum absolute atomic E-state index is 0.0316. The van der Waals surface area contributed by atoms with Crippen LogP contribution in [0.25, 0.3) is 0 Å². The molecule has 0 spiro atoms. The minimum atomic E-state index is -0.0812. The predicted octanol–water partition coefficient (Wildman–Crippen LogP) is 4.05. The molecule has 1 aromatic carbocycles. The zero-order valence-electron chi connectivity index (χ0n) is 13.9. The van der Waals surface area contributed by atoms with E-state index >= 15 is 0 Å². The van der Waals surface area contributed by atoms with E-state index in [1.807, 2.05) is 19.1 Å². The Morgan fingerprint density at radius 3 is 2.52 bits per heavy atom. The van der Waals surface area contributed by atoms with E-state index < -0.39 is 0 Å². The molecule has 1 saturated carbocycles. The van der Waals surface area contributed by atoms with Crippen molar-refractivity contribution in [3.8, 4) is 0 Å². The highest BCUT2D eigenvalue weighted by molar-refractivity contribution is 5.30. The van der Waals surface area contributed by atoms with Gasteiger partial charge in [0.2, 0.25) is 0 Å². The summed E-state index contributed by atoms with van der Waals surface area (Å²) in [6.45, 7) is 5.12. The number of likely N-dealkylation sites (N-methyl/N-ethyl adjacent to an activating group) is 1. The van der Waals surface area contributed by atoms with Crippen molar-refractivity contribution >= 4 is 0 Å². The molecule has 3 heteroatoms. The highest BCUT2D eigenvalue weighted by atomic mass is 19.1. The van der Waals surface area contributed by atoms with Gasteiger partial charge in [-0.25, -0.2) is 4.39 Å². The molecule has 0 saturated heterocycles. The molecule has 1 aliphatic rings. The Kier molecular flexibility index (Phi) is 5.39. The lowest BCUT2D eigenvalue weighted by molar-refractivity contribution is 0.103. The smallest absolute Gasteiger partial charge is 0.128 e. The van der Waals surface area contributed by atoms with Crippen LogP contribution >= 0.6 is 0 Å². The van der Waals surface area contributed by atoms with Crippen molar-refractivity contribution in [2.24, 2.45) is 0 Å². The van der Waals surface area contributed by atoms with E-state index in [1.54, 1.807) is 6.07 Å².